The third kappa shape index (κ3) is 5.41. The number of fused-ring (bicyclic) bond motifs is 6. The lowest BCUT2D eigenvalue weighted by Crippen LogP contribution is -2.61. The molecule has 1 aliphatic carbocycles. The van der Waals surface area contributed by atoms with Crippen molar-refractivity contribution < 1.29 is 6.85 Å². The summed E-state index contributed by atoms with van der Waals surface area (Å²) in [5.74, 6) is 0. The van der Waals surface area contributed by atoms with Crippen LogP contribution in [0.5, 0.6) is 0 Å². The van der Waals surface area contributed by atoms with Gasteiger partial charge in [-0.2, -0.15) is 11.3 Å². The second-order valence-corrected chi connectivity index (χ2v) is 20.9. The van der Waals surface area contributed by atoms with Crippen molar-refractivity contribution in [2.24, 2.45) is 0 Å². The number of nitrogens with zero attached hydrogens (tertiary/aromatic N) is 2. The summed E-state index contributed by atoms with van der Waals surface area (Å²) in [6.45, 7) is 29.5. The average molecular weight is 710 g/mol. The zero-order valence-electron chi connectivity index (χ0n) is 38.5. The SMILES string of the molecule is [2H]c1c([2H])c([2H])c(N2c3cc(C(C)(C)C)cc4c3B(c3cc(C(C)(C)C)ccc3N4c3ccc(C(C)(C)C)cc3)c3sc4c(c32)C(C)(C)CCC4(C)C)c([2H])c1[2H]. The van der Waals surface area contributed by atoms with Gasteiger partial charge in [-0.05, 0) is 116 Å². The molecule has 2 nitrogen and oxygen atoms in total. The van der Waals surface area contributed by atoms with Crippen molar-refractivity contribution in [2.75, 3.05) is 9.80 Å². The fourth-order valence-electron chi connectivity index (χ4n) is 8.66. The Morgan fingerprint density at radius 3 is 1.77 bits per heavy atom. The first kappa shape index (κ1) is 29.7. The van der Waals surface area contributed by atoms with Gasteiger partial charge in [0.2, 0.25) is 0 Å². The van der Waals surface area contributed by atoms with Gasteiger partial charge in [0.25, 0.3) is 6.71 Å². The van der Waals surface area contributed by atoms with E-state index < -0.39 is 0 Å². The lowest BCUT2D eigenvalue weighted by Gasteiger charge is -2.46. The lowest BCUT2D eigenvalue weighted by molar-refractivity contribution is 0.339. The minimum atomic E-state index is -0.378. The van der Waals surface area contributed by atoms with Crippen LogP contribution in [0.4, 0.5) is 34.1 Å². The first-order chi connectivity index (χ1) is 26.3. The summed E-state index contributed by atoms with van der Waals surface area (Å²) in [6.07, 6.45) is 2.03. The molecule has 1 aromatic heterocycles. The number of benzene rings is 4. The Bertz CT molecular complexity index is 2470. The van der Waals surface area contributed by atoms with Crippen molar-refractivity contribution in [3.05, 3.63) is 112 Å². The molecule has 0 radical (unpaired) electrons. The van der Waals surface area contributed by atoms with Crippen molar-refractivity contribution in [3.63, 3.8) is 0 Å². The highest BCUT2D eigenvalue weighted by Crippen LogP contribution is 2.56. The Morgan fingerprint density at radius 2 is 1.17 bits per heavy atom. The zero-order valence-corrected chi connectivity index (χ0v) is 34.3. The quantitative estimate of drug-likeness (QED) is 0.165. The number of thiophene rings is 1. The number of rotatable bonds is 2. The zero-order chi connectivity index (χ0) is 41.7. The molecule has 0 saturated carbocycles. The standard InChI is InChI=1S/C48H57BN2S/c1-44(2,3)30-19-22-34(23-20-30)50-36-24-21-31(45(4,5)6)27-35(36)49-40-37(50)28-32(46(7,8)9)29-38(40)51(33-17-15-14-16-18-33)41-39-42(52-43(41)49)48(12,13)26-25-47(39,10)11/h14-24,27-29H,25-26H2,1-13H3/i14D,15D,16D,17D,18D. The van der Waals surface area contributed by atoms with E-state index in [0.717, 1.165) is 52.3 Å². The van der Waals surface area contributed by atoms with Crippen molar-refractivity contribution in [2.45, 2.75) is 130 Å². The molecule has 8 rings (SSSR count). The molecule has 4 aromatic carbocycles. The van der Waals surface area contributed by atoms with Gasteiger partial charge in [0.05, 0.1) is 12.5 Å². The minimum Gasteiger partial charge on any atom is -0.311 e. The minimum absolute atomic E-state index is 0.00294. The van der Waals surface area contributed by atoms with Gasteiger partial charge in [-0.1, -0.05) is 132 Å². The molecule has 0 amide bonds. The molecule has 3 heterocycles. The van der Waals surface area contributed by atoms with Crippen LogP contribution in [0, 0.1) is 0 Å². The Morgan fingerprint density at radius 1 is 0.615 bits per heavy atom. The fourth-order valence-corrected chi connectivity index (χ4v) is 10.4. The molecular weight excluding hydrogens is 647 g/mol. The van der Waals surface area contributed by atoms with Gasteiger partial charge in [-0.3, -0.25) is 0 Å². The Balaban J connectivity index is 1.59. The topological polar surface area (TPSA) is 6.48 Å². The van der Waals surface area contributed by atoms with Gasteiger partial charge in [0.15, 0.2) is 0 Å². The van der Waals surface area contributed by atoms with Crippen LogP contribution in [0.3, 0.4) is 0 Å². The maximum absolute atomic E-state index is 9.50. The summed E-state index contributed by atoms with van der Waals surface area (Å²) < 4.78 is 46.6. The highest BCUT2D eigenvalue weighted by Gasteiger charge is 2.51. The molecule has 4 heteroatoms. The maximum Gasteiger partial charge on any atom is 0.264 e. The van der Waals surface area contributed by atoms with Crippen molar-refractivity contribution in [1.29, 1.82) is 0 Å². The third-order valence-electron chi connectivity index (χ3n) is 12.0. The maximum atomic E-state index is 9.50. The Hall–Kier alpha value is -3.76. The molecule has 0 saturated heterocycles. The fraction of sp³-hybridized carbons (Fsp3) is 0.417. The van der Waals surface area contributed by atoms with Crippen molar-refractivity contribution in [3.8, 4) is 0 Å². The lowest BCUT2D eigenvalue weighted by atomic mass is 9.35. The van der Waals surface area contributed by atoms with E-state index in [4.69, 9.17) is 4.11 Å². The summed E-state index contributed by atoms with van der Waals surface area (Å²) in [4.78, 5) is 5.86. The van der Waals surface area contributed by atoms with Crippen LogP contribution in [-0.4, -0.2) is 6.71 Å². The van der Waals surface area contributed by atoms with Gasteiger partial charge < -0.3 is 9.80 Å². The Labute approximate surface area is 325 Å². The predicted molar refractivity (Wildman–Crippen MR) is 230 cm³/mol. The highest BCUT2D eigenvalue weighted by atomic mass is 32.1. The van der Waals surface area contributed by atoms with Crippen LogP contribution in [0.2, 0.25) is 0 Å². The van der Waals surface area contributed by atoms with E-state index in [-0.39, 0.29) is 69.7 Å². The highest BCUT2D eigenvalue weighted by molar-refractivity contribution is 7.29. The van der Waals surface area contributed by atoms with Gasteiger partial charge in [-0.15, -0.1) is 0 Å². The van der Waals surface area contributed by atoms with Crippen LogP contribution in [-0.2, 0) is 27.1 Å². The first-order valence-corrected chi connectivity index (χ1v) is 19.9. The molecule has 0 N–H and O–H groups in total. The molecule has 0 unspecified atom stereocenters. The van der Waals surface area contributed by atoms with Crippen molar-refractivity contribution >= 4 is 67.9 Å². The van der Waals surface area contributed by atoms with Gasteiger partial charge in [0.1, 0.15) is 0 Å². The van der Waals surface area contributed by atoms with Crippen LogP contribution in [0.25, 0.3) is 0 Å². The molecular formula is C48H57BN2S. The van der Waals surface area contributed by atoms with Gasteiger partial charge in [0, 0.05) is 38.1 Å². The number of hydrogen-bond donors (Lipinski definition) is 0. The predicted octanol–water partition coefficient (Wildman–Crippen LogP) is 12.1. The van der Waals surface area contributed by atoms with E-state index in [0.29, 0.717) is 0 Å². The van der Waals surface area contributed by atoms with Crippen LogP contribution < -0.4 is 25.5 Å². The first-order valence-electron chi connectivity index (χ1n) is 21.5. The number of anilines is 6. The summed E-state index contributed by atoms with van der Waals surface area (Å²) >= 11 is 1.88. The van der Waals surface area contributed by atoms with Gasteiger partial charge >= 0.3 is 0 Å². The van der Waals surface area contributed by atoms with Crippen molar-refractivity contribution in [1.82, 2.24) is 0 Å². The number of hydrogen-bond acceptors (Lipinski definition) is 3. The van der Waals surface area contributed by atoms with Crippen LogP contribution in [0.1, 0.15) is 137 Å². The molecule has 0 spiro atoms. The normalized spacial score (nSPS) is 18.7. The molecule has 0 atom stereocenters. The van der Waals surface area contributed by atoms with E-state index in [2.05, 4.69) is 154 Å². The molecule has 52 heavy (non-hydrogen) atoms. The summed E-state index contributed by atoms with van der Waals surface area (Å²) in [6, 6.07) is 19.3. The molecule has 0 fully saturated rings. The number of para-hydroxylation sites is 1. The molecule has 5 aromatic rings. The largest absolute Gasteiger partial charge is 0.311 e. The van der Waals surface area contributed by atoms with Crippen LogP contribution >= 0.6 is 11.3 Å². The van der Waals surface area contributed by atoms with Gasteiger partial charge in [-0.25, -0.2) is 0 Å². The van der Waals surface area contributed by atoms with E-state index in [9.17, 15) is 2.74 Å². The molecule has 3 aliphatic rings. The van der Waals surface area contributed by atoms with E-state index in [1.54, 1.807) is 0 Å². The van der Waals surface area contributed by atoms with Crippen LogP contribution in [0.15, 0.2) is 84.8 Å². The second kappa shape index (κ2) is 11.4. The Kier molecular flexibility index (Phi) is 6.49. The molecule has 0 bridgehead atoms. The smallest absolute Gasteiger partial charge is 0.264 e. The third-order valence-corrected chi connectivity index (χ3v) is 13.6. The van der Waals surface area contributed by atoms with E-state index in [1.165, 1.54) is 31.8 Å². The molecule has 2 aliphatic heterocycles. The average Bonchev–Trinajstić information content (AvgIpc) is 3.54. The monoisotopic (exact) mass is 709 g/mol. The summed E-state index contributed by atoms with van der Waals surface area (Å²) in [5.41, 5.74) is 11.9. The summed E-state index contributed by atoms with van der Waals surface area (Å²) in [5, 5.41) is 0. The molecule has 268 valence electrons. The summed E-state index contributed by atoms with van der Waals surface area (Å²) in [7, 11) is 0. The van der Waals surface area contributed by atoms with E-state index >= 15 is 0 Å². The second-order valence-electron chi connectivity index (χ2n) is 19.9. The van der Waals surface area contributed by atoms with E-state index in [1.807, 2.05) is 11.3 Å².